The number of rotatable bonds is 4. The lowest BCUT2D eigenvalue weighted by molar-refractivity contribution is 0.0694. The summed E-state index contributed by atoms with van der Waals surface area (Å²) in [6.45, 7) is 4.12. The Morgan fingerprint density at radius 1 is 1.00 bits per heavy atom. The smallest absolute Gasteiger partial charge is 0.339 e. The van der Waals surface area contributed by atoms with Crippen molar-refractivity contribution < 1.29 is 19.5 Å². The quantitative estimate of drug-likeness (QED) is 0.498. The zero-order chi connectivity index (χ0) is 19.8. The Bertz CT molecular complexity index is 1190. The summed E-state index contributed by atoms with van der Waals surface area (Å²) in [5.74, 6) is -0.933. The van der Waals surface area contributed by atoms with Crippen LogP contribution in [0.25, 0.3) is 34.0 Å². The molecule has 6 nitrogen and oxygen atoms in total. The van der Waals surface area contributed by atoms with Gasteiger partial charge in [-0.05, 0) is 77.2 Å². The van der Waals surface area contributed by atoms with Gasteiger partial charge in [-0.15, -0.1) is 0 Å². The van der Waals surface area contributed by atoms with E-state index in [4.69, 9.17) is 9.63 Å². The highest BCUT2D eigenvalue weighted by Crippen LogP contribution is 2.32. The fraction of sp³-hybridized carbons (Fsp3) is 0.0952. The molecule has 2 heterocycles. The predicted molar refractivity (Wildman–Crippen MR) is 107 cm³/mol. The molecule has 0 radical (unpaired) electrons. The molecule has 0 aliphatic heterocycles. The van der Waals surface area contributed by atoms with Gasteiger partial charge in [-0.3, -0.25) is 0 Å². The highest BCUT2D eigenvalue weighted by Gasteiger charge is 2.16. The van der Waals surface area contributed by atoms with Crippen LogP contribution in [0.15, 0.2) is 51.7 Å². The number of carbonyl (C=O) groups is 1. The predicted octanol–water partition coefficient (Wildman–Crippen LogP) is 5.15. The summed E-state index contributed by atoms with van der Waals surface area (Å²) in [7, 11) is 0. The second-order valence-corrected chi connectivity index (χ2v) is 7.20. The highest BCUT2D eigenvalue weighted by molar-refractivity contribution is 7.08. The molecule has 0 amide bonds. The summed E-state index contributed by atoms with van der Waals surface area (Å²) in [6, 6.07) is 10.1. The number of aromatic hydroxyl groups is 1. The minimum absolute atomic E-state index is 0.213. The Hall–Kier alpha value is -3.45. The third kappa shape index (κ3) is 3.16. The van der Waals surface area contributed by atoms with E-state index < -0.39 is 5.97 Å². The minimum atomic E-state index is -1.22. The van der Waals surface area contributed by atoms with Crippen molar-refractivity contribution in [1.29, 1.82) is 0 Å². The van der Waals surface area contributed by atoms with Gasteiger partial charge in [0.15, 0.2) is 0 Å². The number of nitrogens with zero attached hydrogens (tertiary/aromatic N) is 2. The van der Waals surface area contributed by atoms with Crippen molar-refractivity contribution in [2.45, 2.75) is 13.8 Å². The lowest BCUT2D eigenvalue weighted by atomic mass is 9.98. The lowest BCUT2D eigenvalue weighted by Gasteiger charge is -2.06. The van der Waals surface area contributed by atoms with E-state index in [1.165, 1.54) is 23.3 Å². The zero-order valence-corrected chi connectivity index (χ0v) is 15.9. The second kappa shape index (κ2) is 6.94. The molecule has 2 aromatic carbocycles. The van der Waals surface area contributed by atoms with Crippen molar-refractivity contribution in [1.82, 2.24) is 10.1 Å². The van der Waals surface area contributed by atoms with Gasteiger partial charge < -0.3 is 14.7 Å². The second-order valence-electron chi connectivity index (χ2n) is 6.46. The van der Waals surface area contributed by atoms with Crippen molar-refractivity contribution in [2.24, 2.45) is 0 Å². The maximum Gasteiger partial charge on any atom is 0.339 e. The SMILES string of the molecule is Cc1cc(-c2nc(-c3ccc(O)c(C(=O)O)c3)no2)ccc1-c1cscc1C. The highest BCUT2D eigenvalue weighted by atomic mass is 32.1. The van der Waals surface area contributed by atoms with Crippen LogP contribution in [0, 0.1) is 13.8 Å². The Morgan fingerprint density at radius 2 is 1.79 bits per heavy atom. The van der Waals surface area contributed by atoms with Crippen LogP contribution in [0.2, 0.25) is 0 Å². The first-order valence-corrected chi connectivity index (χ1v) is 9.43. The van der Waals surface area contributed by atoms with Crippen LogP contribution in [-0.2, 0) is 0 Å². The van der Waals surface area contributed by atoms with Crippen LogP contribution in [0.1, 0.15) is 21.5 Å². The molecular weight excluding hydrogens is 376 g/mol. The van der Waals surface area contributed by atoms with Gasteiger partial charge in [0.2, 0.25) is 5.82 Å². The summed E-state index contributed by atoms with van der Waals surface area (Å²) >= 11 is 1.67. The zero-order valence-electron chi connectivity index (χ0n) is 15.1. The van der Waals surface area contributed by atoms with Crippen LogP contribution >= 0.6 is 11.3 Å². The molecule has 0 unspecified atom stereocenters. The van der Waals surface area contributed by atoms with Crippen molar-refractivity contribution in [2.75, 3.05) is 0 Å². The van der Waals surface area contributed by atoms with Crippen molar-refractivity contribution in [3.63, 3.8) is 0 Å². The maximum atomic E-state index is 11.2. The molecule has 4 rings (SSSR count). The topological polar surface area (TPSA) is 96.5 Å². The molecule has 0 spiro atoms. The normalized spacial score (nSPS) is 10.9. The van der Waals surface area contributed by atoms with E-state index in [-0.39, 0.29) is 17.1 Å². The summed E-state index contributed by atoms with van der Waals surface area (Å²) in [5.41, 5.74) is 5.73. The number of aryl methyl sites for hydroxylation is 2. The largest absolute Gasteiger partial charge is 0.507 e. The number of aromatic nitrogens is 2. The fourth-order valence-electron chi connectivity index (χ4n) is 3.04. The first-order chi connectivity index (χ1) is 13.4. The molecule has 2 aromatic heterocycles. The number of aromatic carboxylic acids is 1. The van der Waals surface area contributed by atoms with Crippen LogP contribution in [-0.4, -0.2) is 26.3 Å². The molecule has 4 aromatic rings. The average molecular weight is 392 g/mol. The number of hydrogen-bond acceptors (Lipinski definition) is 6. The fourth-order valence-corrected chi connectivity index (χ4v) is 3.89. The summed E-state index contributed by atoms with van der Waals surface area (Å²) in [5, 5.41) is 27.0. The third-order valence-electron chi connectivity index (χ3n) is 4.53. The standard InChI is InChI=1S/C21H16N2O4S/c1-11-7-14(3-5-15(11)17-10-28-9-12(17)2)20-22-19(23-27-20)13-4-6-18(24)16(8-13)21(25)26/h3-10,24H,1-2H3,(H,25,26). The minimum Gasteiger partial charge on any atom is -0.507 e. The third-order valence-corrected chi connectivity index (χ3v) is 5.39. The molecule has 0 fully saturated rings. The van der Waals surface area contributed by atoms with E-state index in [0.717, 1.165) is 16.7 Å². The molecule has 0 atom stereocenters. The Labute approximate surface area is 164 Å². The number of carboxylic acid groups (broad SMARTS) is 1. The Morgan fingerprint density at radius 3 is 2.46 bits per heavy atom. The average Bonchev–Trinajstić information content (AvgIpc) is 3.31. The van der Waals surface area contributed by atoms with Gasteiger partial charge in [0.05, 0.1) is 0 Å². The molecule has 0 saturated carbocycles. The first kappa shape index (κ1) is 17.9. The van der Waals surface area contributed by atoms with Crippen LogP contribution < -0.4 is 0 Å². The number of benzene rings is 2. The van der Waals surface area contributed by atoms with Crippen molar-refractivity contribution >= 4 is 17.3 Å². The monoisotopic (exact) mass is 392 g/mol. The first-order valence-electron chi connectivity index (χ1n) is 8.48. The Balaban J connectivity index is 1.69. The van der Waals surface area contributed by atoms with Gasteiger partial charge in [-0.1, -0.05) is 11.2 Å². The number of hydrogen-bond donors (Lipinski definition) is 2. The van der Waals surface area contributed by atoms with Gasteiger partial charge in [0.1, 0.15) is 11.3 Å². The van der Waals surface area contributed by atoms with Crippen LogP contribution in [0.5, 0.6) is 5.75 Å². The molecule has 28 heavy (non-hydrogen) atoms. The molecule has 0 bridgehead atoms. The molecule has 0 aliphatic carbocycles. The molecule has 7 heteroatoms. The molecular formula is C21H16N2O4S. The lowest BCUT2D eigenvalue weighted by Crippen LogP contribution is -1.97. The number of phenols is 1. The van der Waals surface area contributed by atoms with Gasteiger partial charge in [0, 0.05) is 11.1 Å². The van der Waals surface area contributed by atoms with E-state index in [9.17, 15) is 9.90 Å². The van der Waals surface area contributed by atoms with Gasteiger partial charge >= 0.3 is 5.97 Å². The maximum absolute atomic E-state index is 11.2. The number of carboxylic acids is 1. The van der Waals surface area contributed by atoms with Crippen molar-refractivity contribution in [3.8, 4) is 39.7 Å². The van der Waals surface area contributed by atoms with Gasteiger partial charge in [0.25, 0.3) is 5.89 Å². The van der Waals surface area contributed by atoms with Crippen LogP contribution in [0.3, 0.4) is 0 Å². The molecule has 0 aliphatic rings. The van der Waals surface area contributed by atoms with Gasteiger partial charge in [-0.2, -0.15) is 16.3 Å². The van der Waals surface area contributed by atoms with Gasteiger partial charge in [-0.25, -0.2) is 4.79 Å². The van der Waals surface area contributed by atoms with E-state index >= 15 is 0 Å². The molecule has 0 saturated heterocycles. The van der Waals surface area contributed by atoms with E-state index in [1.807, 2.05) is 25.1 Å². The summed E-state index contributed by atoms with van der Waals surface area (Å²) < 4.78 is 5.38. The van der Waals surface area contributed by atoms with E-state index in [0.29, 0.717) is 11.5 Å². The number of thiophene rings is 1. The molecule has 140 valence electrons. The van der Waals surface area contributed by atoms with E-state index in [2.05, 4.69) is 27.8 Å². The van der Waals surface area contributed by atoms with Crippen LogP contribution in [0.4, 0.5) is 0 Å². The summed E-state index contributed by atoms with van der Waals surface area (Å²) in [6.07, 6.45) is 0. The summed E-state index contributed by atoms with van der Waals surface area (Å²) in [4.78, 5) is 15.6. The molecule has 2 N–H and O–H groups in total. The van der Waals surface area contributed by atoms with E-state index in [1.54, 1.807) is 17.4 Å². The van der Waals surface area contributed by atoms with Crippen molar-refractivity contribution in [3.05, 3.63) is 63.8 Å². The Kier molecular flexibility index (Phi) is 4.44.